The molecule has 43 heavy (non-hydrogen) atoms. The Morgan fingerprint density at radius 3 is 2.42 bits per heavy atom. The predicted octanol–water partition coefficient (Wildman–Crippen LogP) is 5.35. The van der Waals surface area contributed by atoms with Crippen molar-refractivity contribution in [2.45, 2.75) is 30.7 Å². The number of sulfonamides is 1. The number of fused-ring (bicyclic) bond motifs is 1. The second-order valence-electron chi connectivity index (χ2n) is 10.2. The van der Waals surface area contributed by atoms with Crippen molar-refractivity contribution in [2.24, 2.45) is 0 Å². The number of halogens is 1. The summed E-state index contributed by atoms with van der Waals surface area (Å²) in [6, 6.07) is 25.4. The third-order valence-corrected chi connectivity index (χ3v) is 9.41. The maximum atomic E-state index is 14.0. The minimum absolute atomic E-state index is 0.0773. The van der Waals surface area contributed by atoms with Gasteiger partial charge in [0.2, 0.25) is 5.91 Å². The normalized spacial score (nSPS) is 14.2. The first-order chi connectivity index (χ1) is 20.7. The molecular weight excluding hydrogens is 588 g/mol. The van der Waals surface area contributed by atoms with Gasteiger partial charge in [-0.3, -0.25) is 13.9 Å². The fourth-order valence-corrected chi connectivity index (χ4v) is 6.91. The number of methoxy groups -OCH3 is 1. The zero-order chi connectivity index (χ0) is 30.6. The number of nitrogens with one attached hydrogen (secondary N) is 1. The maximum absolute atomic E-state index is 14.0. The molecule has 0 aliphatic carbocycles. The van der Waals surface area contributed by atoms with Crippen LogP contribution in [0.2, 0.25) is 5.02 Å². The molecular formula is C33H31ClN2O6S. The van der Waals surface area contributed by atoms with Gasteiger partial charge in [-0.2, -0.15) is 0 Å². The van der Waals surface area contributed by atoms with Crippen LogP contribution >= 0.6 is 11.6 Å². The van der Waals surface area contributed by atoms with E-state index in [1.54, 1.807) is 60.7 Å². The monoisotopic (exact) mass is 618 g/mol. The number of ether oxygens (including phenoxy) is 2. The van der Waals surface area contributed by atoms with Gasteiger partial charge in [0.1, 0.15) is 18.4 Å². The zero-order valence-electron chi connectivity index (χ0n) is 23.7. The molecule has 222 valence electrons. The fourth-order valence-electron chi connectivity index (χ4n) is 5.04. The molecule has 0 unspecified atom stereocenters. The number of hydrogen-bond acceptors (Lipinski definition) is 6. The standard InChI is InChI=1S/C33H31ClN2O6S/c1-22-7-16-29(34)28(19-22)24-10-14-27(15-11-24)43(39,40)36-30-6-4-3-5-25(30)21-31(36)33(38)35-17-18-42-26-12-8-23(9-13-26)20-32(37)41-2/h3-16,19,31H,17-18,20-21H2,1-2H3,(H,35,38)/t31-/m0/s1. The summed E-state index contributed by atoms with van der Waals surface area (Å²) in [6.45, 7) is 2.32. The number of hydrogen-bond donors (Lipinski definition) is 1. The van der Waals surface area contributed by atoms with E-state index in [0.717, 1.165) is 27.8 Å². The molecule has 4 aromatic rings. The van der Waals surface area contributed by atoms with Gasteiger partial charge in [-0.25, -0.2) is 8.42 Å². The number of amides is 1. The molecule has 0 aromatic heterocycles. The average Bonchev–Trinajstić information content (AvgIpc) is 3.42. The van der Waals surface area contributed by atoms with E-state index >= 15 is 0 Å². The van der Waals surface area contributed by atoms with Crippen LogP contribution in [0.25, 0.3) is 11.1 Å². The van der Waals surface area contributed by atoms with Crippen molar-refractivity contribution in [1.82, 2.24) is 5.32 Å². The Hall–Kier alpha value is -4.34. The van der Waals surface area contributed by atoms with E-state index in [2.05, 4.69) is 10.1 Å². The SMILES string of the molecule is COC(=O)Cc1ccc(OCCNC(=O)[C@@H]2Cc3ccccc3N2S(=O)(=O)c2ccc(-c3cc(C)ccc3Cl)cc2)cc1. The van der Waals surface area contributed by atoms with Crippen LogP contribution in [0.4, 0.5) is 5.69 Å². The van der Waals surface area contributed by atoms with E-state index in [0.29, 0.717) is 16.5 Å². The lowest BCUT2D eigenvalue weighted by Crippen LogP contribution is -2.48. The van der Waals surface area contributed by atoms with Gasteiger partial charge in [0.25, 0.3) is 10.0 Å². The number of carbonyl (C=O) groups is 2. The minimum Gasteiger partial charge on any atom is -0.492 e. The highest BCUT2D eigenvalue weighted by molar-refractivity contribution is 7.93. The van der Waals surface area contributed by atoms with Gasteiger partial charge >= 0.3 is 5.97 Å². The summed E-state index contributed by atoms with van der Waals surface area (Å²) in [5.41, 5.74) is 4.70. The first kappa shape index (κ1) is 30.1. The Kier molecular flexibility index (Phi) is 9.03. The largest absolute Gasteiger partial charge is 0.492 e. The van der Waals surface area contributed by atoms with Crippen molar-refractivity contribution >= 4 is 39.2 Å². The number of nitrogens with zero attached hydrogens (tertiary/aromatic N) is 1. The van der Waals surface area contributed by atoms with Gasteiger partial charge in [0.15, 0.2) is 0 Å². The summed E-state index contributed by atoms with van der Waals surface area (Å²) >= 11 is 6.39. The minimum atomic E-state index is -4.08. The molecule has 4 aromatic carbocycles. The maximum Gasteiger partial charge on any atom is 0.309 e. The second-order valence-corrected chi connectivity index (χ2v) is 12.4. The van der Waals surface area contributed by atoms with Crippen LogP contribution in [0.5, 0.6) is 5.75 Å². The molecule has 0 spiro atoms. The quantitative estimate of drug-likeness (QED) is 0.190. The molecule has 0 saturated heterocycles. The third-order valence-electron chi connectivity index (χ3n) is 7.24. The van der Waals surface area contributed by atoms with Crippen molar-refractivity contribution in [3.8, 4) is 16.9 Å². The van der Waals surface area contributed by atoms with Crippen LogP contribution in [0.3, 0.4) is 0 Å². The fraction of sp³-hybridized carbons (Fsp3) is 0.212. The highest BCUT2D eigenvalue weighted by Crippen LogP contribution is 2.37. The summed E-state index contributed by atoms with van der Waals surface area (Å²) in [7, 11) is -2.74. The Balaban J connectivity index is 1.28. The van der Waals surface area contributed by atoms with Crippen LogP contribution in [-0.4, -0.2) is 46.6 Å². The Morgan fingerprint density at radius 1 is 0.977 bits per heavy atom. The number of aryl methyl sites for hydroxylation is 1. The molecule has 1 aliphatic heterocycles. The van der Waals surface area contributed by atoms with E-state index in [9.17, 15) is 18.0 Å². The van der Waals surface area contributed by atoms with E-state index in [1.165, 1.54) is 11.4 Å². The second kappa shape index (κ2) is 12.9. The summed E-state index contributed by atoms with van der Waals surface area (Å²) in [5.74, 6) is -0.165. The van der Waals surface area contributed by atoms with E-state index in [1.807, 2.05) is 37.3 Å². The Morgan fingerprint density at radius 2 is 1.70 bits per heavy atom. The number of carbonyl (C=O) groups excluding carboxylic acids is 2. The number of rotatable bonds is 10. The van der Waals surface area contributed by atoms with Crippen LogP contribution in [-0.2, 0) is 37.2 Å². The molecule has 0 bridgehead atoms. The topological polar surface area (TPSA) is 102 Å². The van der Waals surface area contributed by atoms with Crippen molar-refractivity contribution in [1.29, 1.82) is 0 Å². The number of esters is 1. The number of para-hydroxylation sites is 1. The Labute approximate surface area is 256 Å². The van der Waals surface area contributed by atoms with Gasteiger partial charge in [0, 0.05) is 17.0 Å². The number of anilines is 1. The van der Waals surface area contributed by atoms with E-state index < -0.39 is 22.0 Å². The highest BCUT2D eigenvalue weighted by atomic mass is 35.5. The first-order valence-corrected chi connectivity index (χ1v) is 15.5. The zero-order valence-corrected chi connectivity index (χ0v) is 25.3. The van der Waals surface area contributed by atoms with Crippen molar-refractivity contribution < 1.29 is 27.5 Å². The van der Waals surface area contributed by atoms with E-state index in [-0.39, 0.29) is 36.9 Å². The average molecular weight is 619 g/mol. The summed E-state index contributed by atoms with van der Waals surface area (Å²) in [4.78, 5) is 24.9. The van der Waals surface area contributed by atoms with Crippen molar-refractivity contribution in [3.05, 3.63) is 113 Å². The van der Waals surface area contributed by atoms with Gasteiger partial charge in [-0.05, 0) is 66.1 Å². The molecule has 1 heterocycles. The predicted molar refractivity (Wildman–Crippen MR) is 166 cm³/mol. The highest BCUT2D eigenvalue weighted by Gasteiger charge is 2.42. The molecule has 0 fully saturated rings. The molecule has 0 radical (unpaired) electrons. The van der Waals surface area contributed by atoms with Crippen LogP contribution in [0.1, 0.15) is 16.7 Å². The van der Waals surface area contributed by atoms with Crippen LogP contribution in [0, 0.1) is 6.92 Å². The molecule has 8 nitrogen and oxygen atoms in total. The number of benzene rings is 4. The lowest BCUT2D eigenvalue weighted by molar-refractivity contribution is -0.139. The molecule has 1 N–H and O–H groups in total. The van der Waals surface area contributed by atoms with Crippen LogP contribution < -0.4 is 14.4 Å². The molecule has 10 heteroatoms. The van der Waals surface area contributed by atoms with Crippen molar-refractivity contribution in [2.75, 3.05) is 24.6 Å². The summed E-state index contributed by atoms with van der Waals surface area (Å²) < 4.78 is 39.6. The van der Waals surface area contributed by atoms with Gasteiger partial charge in [-0.1, -0.05) is 65.7 Å². The molecule has 1 atom stereocenters. The summed E-state index contributed by atoms with van der Waals surface area (Å²) in [6.07, 6.45) is 0.419. The Bertz CT molecular complexity index is 1740. The first-order valence-electron chi connectivity index (χ1n) is 13.7. The van der Waals surface area contributed by atoms with Crippen LogP contribution in [0.15, 0.2) is 95.9 Å². The van der Waals surface area contributed by atoms with Gasteiger partial charge < -0.3 is 14.8 Å². The third kappa shape index (κ3) is 6.68. The van der Waals surface area contributed by atoms with Gasteiger partial charge in [-0.15, -0.1) is 0 Å². The lowest BCUT2D eigenvalue weighted by Gasteiger charge is -2.26. The molecule has 1 aliphatic rings. The van der Waals surface area contributed by atoms with Crippen molar-refractivity contribution in [3.63, 3.8) is 0 Å². The lowest BCUT2D eigenvalue weighted by atomic mass is 10.0. The van der Waals surface area contributed by atoms with E-state index in [4.69, 9.17) is 16.3 Å². The van der Waals surface area contributed by atoms with Gasteiger partial charge in [0.05, 0.1) is 30.7 Å². The summed E-state index contributed by atoms with van der Waals surface area (Å²) in [5, 5.41) is 3.40. The molecule has 5 rings (SSSR count). The molecule has 1 amide bonds. The smallest absolute Gasteiger partial charge is 0.309 e. The molecule has 0 saturated carbocycles.